The van der Waals surface area contributed by atoms with Crippen LogP contribution in [0.4, 0.5) is 11.5 Å². The van der Waals surface area contributed by atoms with Crippen molar-refractivity contribution < 1.29 is 21.6 Å². The van der Waals surface area contributed by atoms with Gasteiger partial charge in [-0.15, -0.1) is 0 Å². The molecule has 1 amide bonds. The summed E-state index contributed by atoms with van der Waals surface area (Å²) in [4.78, 5) is 20.6. The zero-order chi connectivity index (χ0) is 23.1. The third kappa shape index (κ3) is 7.00. The number of anilines is 2. The second kappa shape index (κ2) is 10.7. The molecule has 1 aromatic carbocycles. The molecular weight excluding hydrogens is 440 g/mol. The van der Waals surface area contributed by atoms with Crippen LogP contribution >= 0.6 is 0 Å². The van der Waals surface area contributed by atoms with Gasteiger partial charge in [-0.1, -0.05) is 44.7 Å². The molecule has 0 atom stereocenters. The molecule has 2 rings (SSSR count). The lowest BCUT2D eigenvalue weighted by atomic mass is 10.1. The van der Waals surface area contributed by atoms with Gasteiger partial charge in [0, 0.05) is 7.05 Å². The second-order valence-electron chi connectivity index (χ2n) is 7.17. The van der Waals surface area contributed by atoms with Crippen LogP contribution in [0.2, 0.25) is 0 Å². The van der Waals surface area contributed by atoms with E-state index in [2.05, 4.69) is 22.2 Å². The minimum absolute atomic E-state index is 0.00228. The van der Waals surface area contributed by atoms with E-state index in [4.69, 9.17) is 0 Å². The Labute approximate surface area is 183 Å². The van der Waals surface area contributed by atoms with Gasteiger partial charge in [0.25, 0.3) is 5.91 Å². The number of sulfonamides is 1. The molecule has 0 aliphatic rings. The Hall–Kier alpha value is -2.53. The van der Waals surface area contributed by atoms with Crippen LogP contribution < -0.4 is 9.62 Å². The third-order valence-electron chi connectivity index (χ3n) is 4.69. The van der Waals surface area contributed by atoms with Crippen molar-refractivity contribution in [2.75, 3.05) is 28.7 Å². The summed E-state index contributed by atoms with van der Waals surface area (Å²) in [6, 6.07) is 6.22. The van der Waals surface area contributed by atoms with Crippen molar-refractivity contribution in [3.63, 3.8) is 0 Å². The summed E-state index contributed by atoms with van der Waals surface area (Å²) in [6.45, 7) is 2.09. The van der Waals surface area contributed by atoms with Gasteiger partial charge < -0.3 is 5.32 Å². The number of hydrogen-bond donors (Lipinski definition) is 1. The van der Waals surface area contributed by atoms with Crippen LogP contribution in [0, 0.1) is 0 Å². The predicted molar refractivity (Wildman–Crippen MR) is 120 cm³/mol. The molecule has 0 aliphatic carbocycles. The number of aromatic nitrogens is 2. The molecule has 0 spiro atoms. The number of nitrogens with zero attached hydrogens (tertiary/aromatic N) is 3. The van der Waals surface area contributed by atoms with Crippen LogP contribution in [0.1, 0.15) is 49.4 Å². The highest BCUT2D eigenvalue weighted by molar-refractivity contribution is 7.92. The summed E-state index contributed by atoms with van der Waals surface area (Å²) in [5.41, 5.74) is 0.332. The number of sulfone groups is 1. The van der Waals surface area contributed by atoms with E-state index in [1.54, 1.807) is 12.1 Å². The van der Waals surface area contributed by atoms with Crippen LogP contribution in [0.15, 0.2) is 41.7 Å². The van der Waals surface area contributed by atoms with Crippen molar-refractivity contribution in [2.24, 2.45) is 0 Å². The van der Waals surface area contributed by atoms with Gasteiger partial charge in [0.15, 0.2) is 20.7 Å². The topological polar surface area (TPSA) is 126 Å². The van der Waals surface area contributed by atoms with Crippen molar-refractivity contribution in [2.45, 2.75) is 44.1 Å². The standard InChI is InChI=1S/C20H28N4O5S2/c1-4-5-6-7-10-13-31(28,29)19-15-21-18(14-22-19)23-20(25)16-11-8-9-12-17(16)24(2)30(3,26)27/h8-9,11-12,14-15H,4-7,10,13H2,1-3H3,(H,21,23,25). The molecule has 1 aromatic heterocycles. The molecule has 0 unspecified atom stereocenters. The summed E-state index contributed by atoms with van der Waals surface area (Å²) in [5, 5.41) is 2.38. The van der Waals surface area contributed by atoms with Gasteiger partial charge in [0.1, 0.15) is 0 Å². The Morgan fingerprint density at radius 2 is 1.68 bits per heavy atom. The van der Waals surface area contributed by atoms with Crippen LogP contribution in [-0.4, -0.2) is 51.8 Å². The van der Waals surface area contributed by atoms with Gasteiger partial charge in [0.2, 0.25) is 10.0 Å². The average Bonchev–Trinajstić information content (AvgIpc) is 2.72. The number of nitrogens with one attached hydrogen (secondary N) is 1. The first-order valence-electron chi connectivity index (χ1n) is 9.95. The van der Waals surface area contributed by atoms with Crippen molar-refractivity contribution in [1.29, 1.82) is 0 Å². The number of carbonyl (C=O) groups excluding carboxylic acids is 1. The maximum atomic E-state index is 12.7. The molecule has 0 saturated heterocycles. The number of para-hydroxylation sites is 1. The Balaban J connectivity index is 2.10. The molecule has 0 aliphatic heterocycles. The maximum Gasteiger partial charge on any atom is 0.258 e. The molecular formula is C20H28N4O5S2. The molecule has 1 heterocycles. The maximum absolute atomic E-state index is 12.7. The zero-order valence-corrected chi connectivity index (χ0v) is 19.5. The van der Waals surface area contributed by atoms with Crippen molar-refractivity contribution in [3.8, 4) is 0 Å². The van der Waals surface area contributed by atoms with Crippen molar-refractivity contribution >= 4 is 37.3 Å². The fourth-order valence-electron chi connectivity index (χ4n) is 2.84. The van der Waals surface area contributed by atoms with E-state index in [0.717, 1.165) is 42.4 Å². The Kier molecular flexibility index (Phi) is 8.52. The van der Waals surface area contributed by atoms with Crippen LogP contribution in [0.3, 0.4) is 0 Å². The monoisotopic (exact) mass is 468 g/mol. The summed E-state index contributed by atoms with van der Waals surface area (Å²) >= 11 is 0. The lowest BCUT2D eigenvalue weighted by Crippen LogP contribution is -2.27. The minimum Gasteiger partial charge on any atom is -0.305 e. The molecule has 11 heteroatoms. The highest BCUT2D eigenvalue weighted by Crippen LogP contribution is 2.22. The highest BCUT2D eigenvalue weighted by Gasteiger charge is 2.20. The third-order valence-corrected chi connectivity index (χ3v) is 7.56. The fraction of sp³-hybridized carbons (Fsp3) is 0.450. The Morgan fingerprint density at radius 1 is 1.00 bits per heavy atom. The number of hydrogen-bond acceptors (Lipinski definition) is 7. The Bertz CT molecular complexity index is 1100. The number of amides is 1. The van der Waals surface area contributed by atoms with E-state index in [9.17, 15) is 21.6 Å². The first kappa shape index (κ1) is 24.7. The van der Waals surface area contributed by atoms with E-state index in [0.29, 0.717) is 6.42 Å². The predicted octanol–water partition coefficient (Wildman–Crippen LogP) is 2.87. The lowest BCUT2D eigenvalue weighted by molar-refractivity contribution is 0.102. The molecule has 2 aromatic rings. The van der Waals surface area contributed by atoms with E-state index in [-0.39, 0.29) is 27.8 Å². The quantitative estimate of drug-likeness (QED) is 0.502. The van der Waals surface area contributed by atoms with Gasteiger partial charge in [-0.05, 0) is 18.6 Å². The molecule has 1 N–H and O–H groups in total. The molecule has 31 heavy (non-hydrogen) atoms. The molecule has 0 radical (unpaired) electrons. The molecule has 0 fully saturated rings. The number of carbonyl (C=O) groups is 1. The lowest BCUT2D eigenvalue weighted by Gasteiger charge is -2.19. The van der Waals surface area contributed by atoms with E-state index in [1.807, 2.05) is 0 Å². The SMILES string of the molecule is CCCCCCCS(=O)(=O)c1cnc(NC(=O)c2ccccc2N(C)S(C)(=O)=O)cn1. The van der Waals surface area contributed by atoms with Gasteiger partial charge in [0.05, 0.1) is 35.7 Å². The number of benzene rings is 1. The minimum atomic E-state index is -3.56. The highest BCUT2D eigenvalue weighted by atomic mass is 32.2. The smallest absolute Gasteiger partial charge is 0.258 e. The fourth-order valence-corrected chi connectivity index (χ4v) is 4.58. The largest absolute Gasteiger partial charge is 0.305 e. The van der Waals surface area contributed by atoms with Crippen molar-refractivity contribution in [3.05, 3.63) is 42.2 Å². The molecule has 0 saturated carbocycles. The molecule has 9 nitrogen and oxygen atoms in total. The van der Waals surface area contributed by atoms with Crippen LogP contribution in [0.5, 0.6) is 0 Å². The normalized spacial score (nSPS) is 11.8. The van der Waals surface area contributed by atoms with E-state index < -0.39 is 25.8 Å². The summed E-state index contributed by atoms with van der Waals surface area (Å²) in [6.07, 6.45) is 7.89. The van der Waals surface area contributed by atoms with Crippen molar-refractivity contribution in [1.82, 2.24) is 9.97 Å². The van der Waals surface area contributed by atoms with Crippen LogP contribution in [0.25, 0.3) is 0 Å². The van der Waals surface area contributed by atoms with E-state index in [1.165, 1.54) is 25.4 Å². The first-order chi connectivity index (χ1) is 14.6. The van der Waals surface area contributed by atoms with Crippen LogP contribution in [-0.2, 0) is 19.9 Å². The van der Waals surface area contributed by atoms with E-state index >= 15 is 0 Å². The second-order valence-corrected chi connectivity index (χ2v) is 11.2. The van der Waals surface area contributed by atoms with Gasteiger partial charge in [-0.25, -0.2) is 26.8 Å². The summed E-state index contributed by atoms with van der Waals surface area (Å²) < 4.78 is 49.4. The number of unbranched alkanes of at least 4 members (excludes halogenated alkanes) is 4. The van der Waals surface area contributed by atoms with Gasteiger partial charge in [-0.3, -0.25) is 9.10 Å². The number of rotatable bonds is 11. The average molecular weight is 469 g/mol. The van der Waals surface area contributed by atoms with Gasteiger partial charge >= 0.3 is 0 Å². The zero-order valence-electron chi connectivity index (χ0n) is 17.9. The molecule has 0 bridgehead atoms. The Morgan fingerprint density at radius 3 is 2.29 bits per heavy atom. The van der Waals surface area contributed by atoms with Gasteiger partial charge in [-0.2, -0.15) is 0 Å². The first-order valence-corrected chi connectivity index (χ1v) is 13.5. The summed E-state index contributed by atoms with van der Waals surface area (Å²) in [5.74, 6) is -0.530. The summed E-state index contributed by atoms with van der Waals surface area (Å²) in [7, 11) is -5.75. The molecule has 170 valence electrons.